The number of hydrogen-bond acceptors (Lipinski definition) is 5. The molecule has 31 heavy (non-hydrogen) atoms. The van der Waals surface area contributed by atoms with Crippen LogP contribution in [0.15, 0.2) is 4.99 Å². The van der Waals surface area contributed by atoms with E-state index in [1.165, 1.54) is 12.8 Å². The number of unbranched alkanes of at least 4 members (excludes halogenated alkanes) is 1. The highest BCUT2D eigenvalue weighted by atomic mass is 127. The van der Waals surface area contributed by atoms with Crippen molar-refractivity contribution in [3.8, 4) is 0 Å². The van der Waals surface area contributed by atoms with E-state index >= 15 is 0 Å². The van der Waals surface area contributed by atoms with Gasteiger partial charge in [0.2, 0.25) is 0 Å². The van der Waals surface area contributed by atoms with E-state index in [1.807, 2.05) is 20.8 Å². The van der Waals surface area contributed by atoms with Crippen molar-refractivity contribution in [2.24, 2.45) is 10.9 Å². The van der Waals surface area contributed by atoms with Crippen LogP contribution in [0, 0.1) is 5.92 Å². The monoisotopic (exact) mass is 555 g/mol. The van der Waals surface area contributed by atoms with Gasteiger partial charge in [-0.1, -0.05) is 19.8 Å². The Labute approximate surface area is 206 Å². The van der Waals surface area contributed by atoms with Crippen molar-refractivity contribution in [1.29, 1.82) is 0 Å². The number of ether oxygens (including phenoxy) is 2. The van der Waals surface area contributed by atoms with Crippen molar-refractivity contribution in [3.05, 3.63) is 0 Å². The summed E-state index contributed by atoms with van der Waals surface area (Å²) in [4.78, 5) is 18.9. The molecule has 1 aliphatic heterocycles. The summed E-state index contributed by atoms with van der Waals surface area (Å²) in [5.41, 5.74) is -0.493. The molecule has 1 unspecified atom stereocenters. The van der Waals surface area contributed by atoms with Crippen LogP contribution < -0.4 is 16.0 Å². The Hall–Kier alpha value is -0.810. The topological polar surface area (TPSA) is 87.2 Å². The number of carbonyl (C=O) groups excluding carboxylic acids is 1. The minimum atomic E-state index is -0.493. The third-order valence-corrected chi connectivity index (χ3v) is 5.24. The minimum Gasteiger partial charge on any atom is -0.444 e. The van der Waals surface area contributed by atoms with Gasteiger partial charge in [0.1, 0.15) is 5.60 Å². The van der Waals surface area contributed by atoms with Crippen molar-refractivity contribution in [2.45, 2.75) is 71.4 Å². The summed E-state index contributed by atoms with van der Waals surface area (Å²) in [7, 11) is 3.55. The number of piperidine rings is 1. The average Bonchev–Trinajstić information content (AvgIpc) is 2.70. The molecule has 1 amide bonds. The number of likely N-dealkylation sites (tertiary alicyclic amines) is 1. The van der Waals surface area contributed by atoms with Crippen LogP contribution in [-0.2, 0) is 9.47 Å². The molecular formula is C22H46IN5O3. The summed E-state index contributed by atoms with van der Waals surface area (Å²) in [5, 5.41) is 9.84. The van der Waals surface area contributed by atoms with Gasteiger partial charge >= 0.3 is 6.09 Å². The third kappa shape index (κ3) is 14.8. The van der Waals surface area contributed by atoms with Crippen LogP contribution in [0.4, 0.5) is 4.79 Å². The van der Waals surface area contributed by atoms with Gasteiger partial charge in [0.15, 0.2) is 5.96 Å². The summed E-state index contributed by atoms with van der Waals surface area (Å²) >= 11 is 0. The molecule has 0 aliphatic carbocycles. The second-order valence-corrected chi connectivity index (χ2v) is 9.10. The summed E-state index contributed by atoms with van der Waals surface area (Å²) in [6.07, 6.45) is 5.16. The van der Waals surface area contributed by atoms with Gasteiger partial charge in [0, 0.05) is 39.8 Å². The van der Waals surface area contributed by atoms with Crippen LogP contribution in [0.3, 0.4) is 0 Å². The molecule has 0 radical (unpaired) electrons. The van der Waals surface area contributed by atoms with Crippen molar-refractivity contribution < 1.29 is 14.3 Å². The zero-order valence-corrected chi connectivity index (χ0v) is 22.8. The Morgan fingerprint density at radius 1 is 1.23 bits per heavy atom. The normalized spacial score (nSPS) is 16.9. The van der Waals surface area contributed by atoms with Crippen LogP contribution in [0.25, 0.3) is 0 Å². The molecule has 1 atom stereocenters. The smallest absolute Gasteiger partial charge is 0.407 e. The number of rotatable bonds is 11. The Morgan fingerprint density at radius 2 is 1.90 bits per heavy atom. The number of guanidine groups is 1. The molecule has 1 heterocycles. The molecule has 9 heteroatoms. The van der Waals surface area contributed by atoms with E-state index in [9.17, 15) is 4.79 Å². The van der Waals surface area contributed by atoms with Gasteiger partial charge in [-0.15, -0.1) is 24.0 Å². The fraction of sp³-hybridized carbons (Fsp3) is 0.909. The quantitative estimate of drug-likeness (QED) is 0.206. The predicted molar refractivity (Wildman–Crippen MR) is 139 cm³/mol. The van der Waals surface area contributed by atoms with Crippen LogP contribution >= 0.6 is 24.0 Å². The van der Waals surface area contributed by atoms with E-state index in [0.29, 0.717) is 12.5 Å². The SMILES string of the molecule is CCCCC(CNC(=O)OC(C)(C)C)NC(=NC)NCC1CCN(CCOC)CC1.I. The zero-order chi connectivity index (χ0) is 22.4. The lowest BCUT2D eigenvalue weighted by Gasteiger charge is -2.32. The molecular weight excluding hydrogens is 509 g/mol. The molecule has 1 saturated heterocycles. The number of amides is 1. The highest BCUT2D eigenvalue weighted by Gasteiger charge is 2.20. The molecule has 0 bridgehead atoms. The molecule has 0 spiro atoms. The van der Waals surface area contributed by atoms with Gasteiger partial charge in [-0.05, 0) is 59.0 Å². The first kappa shape index (κ1) is 30.2. The van der Waals surface area contributed by atoms with Gasteiger partial charge in [0.05, 0.1) is 6.61 Å². The van der Waals surface area contributed by atoms with Crippen molar-refractivity contribution in [3.63, 3.8) is 0 Å². The number of methoxy groups -OCH3 is 1. The Morgan fingerprint density at radius 3 is 2.45 bits per heavy atom. The van der Waals surface area contributed by atoms with Crippen molar-refractivity contribution >= 4 is 36.0 Å². The summed E-state index contributed by atoms with van der Waals surface area (Å²) < 4.78 is 10.5. The molecule has 0 aromatic carbocycles. The fourth-order valence-corrected chi connectivity index (χ4v) is 3.46. The molecule has 8 nitrogen and oxygen atoms in total. The third-order valence-electron chi connectivity index (χ3n) is 5.24. The average molecular weight is 556 g/mol. The largest absolute Gasteiger partial charge is 0.444 e. The van der Waals surface area contributed by atoms with Crippen LogP contribution in [0.2, 0.25) is 0 Å². The van der Waals surface area contributed by atoms with Crippen LogP contribution in [0.5, 0.6) is 0 Å². The summed E-state index contributed by atoms with van der Waals surface area (Å²) in [6.45, 7) is 13.3. The number of nitrogens with one attached hydrogen (secondary N) is 3. The van der Waals surface area contributed by atoms with Crippen LogP contribution in [-0.4, -0.2) is 82.1 Å². The van der Waals surface area contributed by atoms with E-state index < -0.39 is 5.60 Å². The van der Waals surface area contributed by atoms with Crippen molar-refractivity contribution in [1.82, 2.24) is 20.9 Å². The van der Waals surface area contributed by atoms with Gasteiger partial charge in [0.25, 0.3) is 0 Å². The number of alkyl carbamates (subject to hydrolysis) is 1. The minimum absolute atomic E-state index is 0. The highest BCUT2D eigenvalue weighted by molar-refractivity contribution is 14.0. The van der Waals surface area contributed by atoms with Gasteiger partial charge in [-0.3, -0.25) is 4.99 Å². The molecule has 184 valence electrons. The maximum Gasteiger partial charge on any atom is 0.407 e. The Kier molecular flexibility index (Phi) is 16.3. The molecule has 0 aromatic heterocycles. The number of carbonyl (C=O) groups is 1. The predicted octanol–water partition coefficient (Wildman–Crippen LogP) is 3.21. The molecule has 1 aliphatic rings. The lowest BCUT2D eigenvalue weighted by Crippen LogP contribution is -2.50. The van der Waals surface area contributed by atoms with Gasteiger partial charge in [-0.2, -0.15) is 0 Å². The lowest BCUT2D eigenvalue weighted by molar-refractivity contribution is 0.0522. The van der Waals surface area contributed by atoms with E-state index in [-0.39, 0.29) is 36.1 Å². The maximum atomic E-state index is 12.0. The van der Waals surface area contributed by atoms with Gasteiger partial charge in [-0.25, -0.2) is 4.79 Å². The van der Waals surface area contributed by atoms with Gasteiger partial charge < -0.3 is 30.3 Å². The first-order chi connectivity index (χ1) is 14.3. The summed E-state index contributed by atoms with van der Waals surface area (Å²) in [5.74, 6) is 1.44. The first-order valence-corrected chi connectivity index (χ1v) is 11.4. The highest BCUT2D eigenvalue weighted by Crippen LogP contribution is 2.16. The van der Waals surface area contributed by atoms with Crippen LogP contribution in [0.1, 0.15) is 59.8 Å². The second-order valence-electron chi connectivity index (χ2n) is 9.10. The van der Waals surface area contributed by atoms with E-state index in [4.69, 9.17) is 9.47 Å². The molecule has 3 N–H and O–H groups in total. The molecule has 0 saturated carbocycles. The van der Waals surface area contributed by atoms with Crippen molar-refractivity contribution in [2.75, 3.05) is 53.5 Å². The maximum absolute atomic E-state index is 12.0. The fourth-order valence-electron chi connectivity index (χ4n) is 3.46. The summed E-state index contributed by atoms with van der Waals surface area (Å²) in [6, 6.07) is 0.111. The molecule has 1 rings (SSSR count). The number of aliphatic imine (C=N–C) groups is 1. The Balaban J connectivity index is 0.00000900. The standard InChI is InChI=1S/C22H45N5O3.HI/c1-7-8-9-19(17-25-21(28)30-22(2,3)4)26-20(23-5)24-16-18-10-12-27(13-11-18)14-15-29-6;/h18-19H,7-17H2,1-6H3,(H,25,28)(H2,23,24,26);1H. The lowest BCUT2D eigenvalue weighted by atomic mass is 9.97. The Bertz CT molecular complexity index is 506. The van der Waals surface area contributed by atoms with E-state index in [2.05, 4.69) is 32.8 Å². The number of nitrogens with zero attached hydrogens (tertiary/aromatic N) is 2. The molecule has 0 aromatic rings. The first-order valence-electron chi connectivity index (χ1n) is 11.4. The number of hydrogen-bond donors (Lipinski definition) is 3. The zero-order valence-electron chi connectivity index (χ0n) is 20.5. The molecule has 1 fully saturated rings. The second kappa shape index (κ2) is 16.8. The van der Waals surface area contributed by atoms with E-state index in [1.54, 1.807) is 14.2 Å². The number of halogens is 1. The van der Waals surface area contributed by atoms with E-state index in [0.717, 1.165) is 58.0 Å².